The molecule has 8 heteroatoms. The number of aromatic nitrogens is 1. The number of anilines is 1. The summed E-state index contributed by atoms with van der Waals surface area (Å²) >= 11 is 0. The van der Waals surface area contributed by atoms with Gasteiger partial charge in [-0.1, -0.05) is 30.3 Å². The highest BCUT2D eigenvalue weighted by molar-refractivity contribution is 5.85. The van der Waals surface area contributed by atoms with Gasteiger partial charge in [-0.25, -0.2) is 4.98 Å². The monoisotopic (exact) mass is 356 g/mol. The molecular weight excluding hydrogens is 336 g/mol. The Hall–Kier alpha value is -3.00. The number of amides is 1. The van der Waals surface area contributed by atoms with Crippen LogP contribution >= 0.6 is 0 Å². The molecule has 0 saturated carbocycles. The summed E-state index contributed by atoms with van der Waals surface area (Å²) in [5, 5.41) is 14.2. The largest absolute Gasteiger partial charge is 0.378 e. The number of carbonyl (C=O) groups excluding carboxylic acids is 1. The molecule has 26 heavy (non-hydrogen) atoms. The van der Waals surface area contributed by atoms with Gasteiger partial charge in [-0.15, -0.1) is 0 Å². The quantitative estimate of drug-likeness (QED) is 0.627. The molecule has 3 rings (SSSR count). The van der Waals surface area contributed by atoms with Crippen molar-refractivity contribution in [2.75, 3.05) is 31.6 Å². The van der Waals surface area contributed by atoms with Crippen molar-refractivity contribution in [1.29, 1.82) is 0 Å². The molecule has 1 atom stereocenters. The van der Waals surface area contributed by atoms with E-state index in [2.05, 4.69) is 10.3 Å². The highest BCUT2D eigenvalue weighted by atomic mass is 16.6. The molecular formula is C18H20N4O4. The molecule has 8 nitrogen and oxygen atoms in total. The standard InChI is InChI=1S/C18H20N4O4/c23-18(21-9-11-26-12-10-21)15(13-14-5-2-1-3-6-14)20-17-16(22(24)25)7-4-8-19-17/h1-8,15H,9-13H2,(H,19,20). The fraction of sp³-hybridized carbons (Fsp3) is 0.333. The van der Waals surface area contributed by atoms with Crippen molar-refractivity contribution < 1.29 is 14.5 Å². The number of benzene rings is 1. The molecule has 1 fully saturated rings. The molecule has 0 bridgehead atoms. The molecule has 1 aromatic heterocycles. The van der Waals surface area contributed by atoms with Crippen molar-refractivity contribution >= 4 is 17.4 Å². The summed E-state index contributed by atoms with van der Waals surface area (Å²) in [6, 6.07) is 11.8. The second-order valence-corrected chi connectivity index (χ2v) is 5.95. The molecule has 1 aliphatic rings. The second-order valence-electron chi connectivity index (χ2n) is 5.95. The summed E-state index contributed by atoms with van der Waals surface area (Å²) in [5.41, 5.74) is 0.811. The van der Waals surface area contributed by atoms with Crippen LogP contribution in [0.25, 0.3) is 0 Å². The van der Waals surface area contributed by atoms with Crippen LogP contribution in [0.15, 0.2) is 48.7 Å². The predicted octanol–water partition coefficient (Wildman–Crippen LogP) is 1.87. The summed E-state index contributed by atoms with van der Waals surface area (Å²) in [6.07, 6.45) is 1.87. The molecule has 1 unspecified atom stereocenters. The van der Waals surface area contributed by atoms with E-state index in [1.165, 1.54) is 18.3 Å². The molecule has 1 amide bonds. The molecule has 0 aliphatic carbocycles. The summed E-state index contributed by atoms with van der Waals surface area (Å²) in [7, 11) is 0. The SMILES string of the molecule is O=C(C(Cc1ccccc1)Nc1ncccc1[N+](=O)[O-])N1CCOCC1. The maximum atomic E-state index is 13.0. The highest BCUT2D eigenvalue weighted by Gasteiger charge is 2.28. The van der Waals surface area contributed by atoms with E-state index in [-0.39, 0.29) is 17.4 Å². The zero-order valence-electron chi connectivity index (χ0n) is 14.2. The van der Waals surface area contributed by atoms with Crippen molar-refractivity contribution in [1.82, 2.24) is 9.88 Å². The zero-order valence-corrected chi connectivity index (χ0v) is 14.2. The number of nitro groups is 1. The Bertz CT molecular complexity index is 763. The lowest BCUT2D eigenvalue weighted by Gasteiger charge is -2.31. The van der Waals surface area contributed by atoms with Gasteiger partial charge in [0.15, 0.2) is 0 Å². The Labute approximate surface area is 150 Å². The number of nitrogens with one attached hydrogen (secondary N) is 1. The normalized spacial score (nSPS) is 15.3. The third-order valence-corrected chi connectivity index (χ3v) is 4.20. The first-order chi connectivity index (χ1) is 12.6. The van der Waals surface area contributed by atoms with Crippen molar-refractivity contribution in [3.8, 4) is 0 Å². The van der Waals surface area contributed by atoms with Crippen LogP contribution < -0.4 is 5.32 Å². The highest BCUT2D eigenvalue weighted by Crippen LogP contribution is 2.22. The molecule has 1 N–H and O–H groups in total. The number of hydrogen-bond donors (Lipinski definition) is 1. The number of ether oxygens (including phenoxy) is 1. The molecule has 0 spiro atoms. The minimum atomic E-state index is -0.649. The van der Waals surface area contributed by atoms with Crippen LogP contribution in [-0.2, 0) is 16.0 Å². The van der Waals surface area contributed by atoms with E-state index in [4.69, 9.17) is 4.74 Å². The Morgan fingerprint density at radius 3 is 2.65 bits per heavy atom. The van der Waals surface area contributed by atoms with Crippen LogP contribution in [0.5, 0.6) is 0 Å². The van der Waals surface area contributed by atoms with E-state index in [9.17, 15) is 14.9 Å². The van der Waals surface area contributed by atoms with E-state index < -0.39 is 11.0 Å². The van der Waals surface area contributed by atoms with E-state index in [0.717, 1.165) is 5.56 Å². The summed E-state index contributed by atoms with van der Waals surface area (Å²) < 4.78 is 5.30. The lowest BCUT2D eigenvalue weighted by atomic mass is 10.0. The Morgan fingerprint density at radius 2 is 1.96 bits per heavy atom. The predicted molar refractivity (Wildman–Crippen MR) is 95.8 cm³/mol. The van der Waals surface area contributed by atoms with E-state index >= 15 is 0 Å². The van der Waals surface area contributed by atoms with Crippen molar-refractivity contribution in [2.24, 2.45) is 0 Å². The number of pyridine rings is 1. The molecule has 1 saturated heterocycles. The van der Waals surface area contributed by atoms with Gasteiger partial charge in [0, 0.05) is 31.8 Å². The van der Waals surface area contributed by atoms with Crippen LogP contribution in [0.2, 0.25) is 0 Å². The summed E-state index contributed by atoms with van der Waals surface area (Å²) in [4.78, 5) is 29.5. The first-order valence-electron chi connectivity index (χ1n) is 8.41. The second kappa shape index (κ2) is 8.39. The minimum Gasteiger partial charge on any atom is -0.378 e. The van der Waals surface area contributed by atoms with Crippen molar-refractivity contribution in [2.45, 2.75) is 12.5 Å². The third kappa shape index (κ3) is 4.34. The first kappa shape index (κ1) is 17.8. The van der Waals surface area contributed by atoms with E-state index in [1.54, 1.807) is 4.90 Å². The van der Waals surface area contributed by atoms with Gasteiger partial charge in [-0.05, 0) is 11.6 Å². The van der Waals surface area contributed by atoms with Crippen molar-refractivity contribution in [3.63, 3.8) is 0 Å². The van der Waals surface area contributed by atoms with Gasteiger partial charge in [0.25, 0.3) is 0 Å². The van der Waals surface area contributed by atoms with Gasteiger partial charge < -0.3 is 15.0 Å². The minimum absolute atomic E-state index is 0.0973. The molecule has 0 radical (unpaired) electrons. The number of hydrogen-bond acceptors (Lipinski definition) is 6. The maximum Gasteiger partial charge on any atom is 0.311 e. The Kier molecular flexibility index (Phi) is 5.75. The van der Waals surface area contributed by atoms with Gasteiger partial charge in [-0.2, -0.15) is 0 Å². The maximum absolute atomic E-state index is 13.0. The van der Waals surface area contributed by atoms with Crippen molar-refractivity contribution in [3.05, 3.63) is 64.3 Å². The number of nitrogens with zero attached hydrogens (tertiary/aromatic N) is 3. The smallest absolute Gasteiger partial charge is 0.311 e. The average Bonchev–Trinajstić information content (AvgIpc) is 2.68. The lowest BCUT2D eigenvalue weighted by Crippen LogP contribution is -2.48. The van der Waals surface area contributed by atoms with Crippen LogP contribution in [0.1, 0.15) is 5.56 Å². The van der Waals surface area contributed by atoms with Gasteiger partial charge in [0.1, 0.15) is 6.04 Å². The zero-order chi connectivity index (χ0) is 18.4. The van der Waals surface area contributed by atoms with Crippen LogP contribution in [-0.4, -0.2) is 53.1 Å². The number of carbonyl (C=O) groups is 1. The molecule has 136 valence electrons. The van der Waals surface area contributed by atoms with E-state index in [0.29, 0.717) is 32.7 Å². The third-order valence-electron chi connectivity index (χ3n) is 4.20. The first-order valence-corrected chi connectivity index (χ1v) is 8.41. The fourth-order valence-electron chi connectivity index (χ4n) is 2.87. The van der Waals surface area contributed by atoms with Gasteiger partial charge in [0.05, 0.1) is 18.1 Å². The van der Waals surface area contributed by atoms with E-state index in [1.807, 2.05) is 30.3 Å². The van der Waals surface area contributed by atoms with Crippen LogP contribution in [0.4, 0.5) is 11.5 Å². The summed E-state index contributed by atoms with van der Waals surface area (Å²) in [6.45, 7) is 2.01. The molecule has 1 aromatic carbocycles. The number of morpholine rings is 1. The average molecular weight is 356 g/mol. The van der Waals surface area contributed by atoms with Gasteiger partial charge >= 0.3 is 5.69 Å². The van der Waals surface area contributed by atoms with Gasteiger partial charge in [-0.3, -0.25) is 14.9 Å². The Balaban J connectivity index is 1.85. The van der Waals surface area contributed by atoms with Gasteiger partial charge in [0.2, 0.25) is 11.7 Å². The van der Waals surface area contributed by atoms with Crippen LogP contribution in [0.3, 0.4) is 0 Å². The number of rotatable bonds is 6. The van der Waals surface area contributed by atoms with Crippen LogP contribution in [0, 0.1) is 10.1 Å². The Morgan fingerprint density at radius 1 is 1.23 bits per heavy atom. The molecule has 2 aromatic rings. The summed E-state index contributed by atoms with van der Waals surface area (Å²) in [5.74, 6) is -0.0165. The molecule has 2 heterocycles. The fourth-order valence-corrected chi connectivity index (χ4v) is 2.87. The topological polar surface area (TPSA) is 97.6 Å². The molecule has 1 aliphatic heterocycles. The lowest BCUT2D eigenvalue weighted by molar-refractivity contribution is -0.384.